The second-order valence-corrected chi connectivity index (χ2v) is 4.19. The van der Waals surface area contributed by atoms with Crippen molar-refractivity contribution in [1.29, 1.82) is 0 Å². The monoisotopic (exact) mass is 273 g/mol. The van der Waals surface area contributed by atoms with Gasteiger partial charge < -0.3 is 15.2 Å². The zero-order valence-corrected chi connectivity index (χ0v) is 10.6. The Hall–Kier alpha value is -0.740. The van der Waals surface area contributed by atoms with Crippen molar-refractivity contribution < 1.29 is 9.47 Å². The largest absolute Gasteiger partial charge is 0.486 e. The van der Waals surface area contributed by atoms with Crippen molar-refractivity contribution in [3.8, 4) is 5.75 Å². The average molecular weight is 274 g/mol. The van der Waals surface area contributed by atoms with E-state index in [-0.39, 0.29) is 6.10 Å². The van der Waals surface area contributed by atoms with Crippen molar-refractivity contribution >= 4 is 21.6 Å². The van der Waals surface area contributed by atoms with Crippen molar-refractivity contribution in [2.24, 2.45) is 0 Å². The quantitative estimate of drug-likeness (QED) is 0.840. The first kappa shape index (κ1) is 12.3. The highest BCUT2D eigenvalue weighted by Crippen LogP contribution is 2.26. The molecule has 0 saturated heterocycles. The number of nitrogen functional groups attached to an aromatic ring is 1. The Labute approximate surface area is 98.7 Å². The van der Waals surface area contributed by atoms with Crippen LogP contribution in [0.3, 0.4) is 0 Å². The summed E-state index contributed by atoms with van der Waals surface area (Å²) in [7, 11) is 0. The Morgan fingerprint density at radius 3 is 2.80 bits per heavy atom. The summed E-state index contributed by atoms with van der Waals surface area (Å²) in [6.45, 7) is 5.19. The SMILES string of the molecule is CCOCC(C)Oc1ccc(Br)cc1N. The van der Waals surface area contributed by atoms with E-state index in [4.69, 9.17) is 15.2 Å². The average Bonchev–Trinajstić information content (AvgIpc) is 2.19. The third kappa shape index (κ3) is 4.10. The van der Waals surface area contributed by atoms with Crippen LogP contribution in [0.5, 0.6) is 5.75 Å². The molecular weight excluding hydrogens is 258 g/mol. The van der Waals surface area contributed by atoms with Gasteiger partial charge in [-0.15, -0.1) is 0 Å². The van der Waals surface area contributed by atoms with Gasteiger partial charge in [-0.3, -0.25) is 0 Å². The van der Waals surface area contributed by atoms with E-state index in [0.717, 1.165) is 4.47 Å². The molecule has 1 unspecified atom stereocenters. The lowest BCUT2D eigenvalue weighted by Crippen LogP contribution is -2.19. The van der Waals surface area contributed by atoms with Crippen LogP contribution >= 0.6 is 15.9 Å². The standard InChI is InChI=1S/C11H16BrNO2/c1-3-14-7-8(2)15-11-5-4-9(12)6-10(11)13/h4-6,8H,3,7,13H2,1-2H3. The maximum Gasteiger partial charge on any atom is 0.142 e. The number of benzene rings is 1. The van der Waals surface area contributed by atoms with Crippen LogP contribution in [0, 0.1) is 0 Å². The number of nitrogens with two attached hydrogens (primary N) is 1. The Kier molecular flexibility index (Phi) is 4.91. The van der Waals surface area contributed by atoms with Crippen molar-refractivity contribution in [2.75, 3.05) is 18.9 Å². The molecule has 0 fully saturated rings. The zero-order chi connectivity index (χ0) is 11.3. The number of anilines is 1. The van der Waals surface area contributed by atoms with Crippen LogP contribution in [0.15, 0.2) is 22.7 Å². The van der Waals surface area contributed by atoms with Crippen molar-refractivity contribution in [3.05, 3.63) is 22.7 Å². The maximum absolute atomic E-state index is 5.80. The molecule has 0 aliphatic carbocycles. The molecule has 0 aromatic heterocycles. The minimum absolute atomic E-state index is 0.00780. The third-order valence-corrected chi connectivity index (χ3v) is 2.35. The molecular formula is C11H16BrNO2. The second-order valence-electron chi connectivity index (χ2n) is 3.27. The van der Waals surface area contributed by atoms with Crippen LogP contribution in [-0.4, -0.2) is 19.3 Å². The van der Waals surface area contributed by atoms with Crippen LogP contribution < -0.4 is 10.5 Å². The minimum Gasteiger partial charge on any atom is -0.486 e. The van der Waals surface area contributed by atoms with Crippen LogP contribution in [0.1, 0.15) is 13.8 Å². The van der Waals surface area contributed by atoms with Gasteiger partial charge in [0.05, 0.1) is 12.3 Å². The number of hydrogen-bond acceptors (Lipinski definition) is 3. The summed E-state index contributed by atoms with van der Waals surface area (Å²) in [5.74, 6) is 0.699. The highest BCUT2D eigenvalue weighted by Gasteiger charge is 2.06. The summed E-state index contributed by atoms with van der Waals surface area (Å²) in [5.41, 5.74) is 6.43. The molecule has 2 N–H and O–H groups in total. The first-order valence-electron chi connectivity index (χ1n) is 4.93. The highest BCUT2D eigenvalue weighted by atomic mass is 79.9. The highest BCUT2D eigenvalue weighted by molar-refractivity contribution is 9.10. The predicted molar refractivity (Wildman–Crippen MR) is 65.1 cm³/mol. The molecule has 0 saturated carbocycles. The van der Waals surface area contributed by atoms with E-state index in [1.54, 1.807) is 0 Å². The Morgan fingerprint density at radius 1 is 1.47 bits per heavy atom. The smallest absolute Gasteiger partial charge is 0.142 e. The summed E-state index contributed by atoms with van der Waals surface area (Å²) in [4.78, 5) is 0. The van der Waals surface area contributed by atoms with Gasteiger partial charge in [0, 0.05) is 11.1 Å². The van der Waals surface area contributed by atoms with Gasteiger partial charge >= 0.3 is 0 Å². The van der Waals surface area contributed by atoms with Gasteiger partial charge in [0.1, 0.15) is 11.9 Å². The lowest BCUT2D eigenvalue weighted by Gasteiger charge is -2.15. The minimum atomic E-state index is 0.00780. The summed E-state index contributed by atoms with van der Waals surface area (Å²) < 4.78 is 11.8. The van der Waals surface area contributed by atoms with E-state index in [0.29, 0.717) is 24.7 Å². The van der Waals surface area contributed by atoms with Crippen molar-refractivity contribution in [2.45, 2.75) is 20.0 Å². The fourth-order valence-electron chi connectivity index (χ4n) is 1.16. The molecule has 1 aromatic carbocycles. The van der Waals surface area contributed by atoms with Crippen LogP contribution in [-0.2, 0) is 4.74 Å². The van der Waals surface area contributed by atoms with Crippen molar-refractivity contribution in [1.82, 2.24) is 0 Å². The summed E-state index contributed by atoms with van der Waals surface area (Å²) in [5, 5.41) is 0. The number of rotatable bonds is 5. The van der Waals surface area contributed by atoms with E-state index in [1.165, 1.54) is 0 Å². The number of halogens is 1. The van der Waals surface area contributed by atoms with Crippen LogP contribution in [0.2, 0.25) is 0 Å². The van der Waals surface area contributed by atoms with Gasteiger partial charge in [0.25, 0.3) is 0 Å². The first-order chi connectivity index (χ1) is 7.13. The van der Waals surface area contributed by atoms with E-state index in [2.05, 4.69) is 15.9 Å². The molecule has 0 aliphatic rings. The fraction of sp³-hybridized carbons (Fsp3) is 0.455. The normalized spacial score (nSPS) is 12.5. The summed E-state index contributed by atoms with van der Waals surface area (Å²) in [6.07, 6.45) is 0.00780. The van der Waals surface area contributed by atoms with Gasteiger partial charge in [-0.05, 0) is 32.0 Å². The zero-order valence-electron chi connectivity index (χ0n) is 9.00. The topological polar surface area (TPSA) is 44.5 Å². The van der Waals surface area contributed by atoms with Crippen molar-refractivity contribution in [3.63, 3.8) is 0 Å². The van der Waals surface area contributed by atoms with Crippen LogP contribution in [0.25, 0.3) is 0 Å². The molecule has 4 heteroatoms. The molecule has 1 atom stereocenters. The molecule has 1 rings (SSSR count). The Bertz CT molecular complexity index is 317. The fourth-order valence-corrected chi connectivity index (χ4v) is 1.54. The van der Waals surface area contributed by atoms with Gasteiger partial charge in [-0.2, -0.15) is 0 Å². The van der Waals surface area contributed by atoms with E-state index >= 15 is 0 Å². The Morgan fingerprint density at radius 2 is 2.20 bits per heavy atom. The van der Waals surface area contributed by atoms with Gasteiger partial charge in [0.2, 0.25) is 0 Å². The lowest BCUT2D eigenvalue weighted by molar-refractivity contribution is 0.0661. The molecule has 1 aromatic rings. The molecule has 15 heavy (non-hydrogen) atoms. The van der Waals surface area contributed by atoms with E-state index in [1.807, 2.05) is 32.0 Å². The van der Waals surface area contributed by atoms with Gasteiger partial charge in [-0.1, -0.05) is 15.9 Å². The molecule has 0 amide bonds. The first-order valence-corrected chi connectivity index (χ1v) is 5.72. The predicted octanol–water partition coefficient (Wildman–Crippen LogP) is 2.84. The van der Waals surface area contributed by atoms with E-state index in [9.17, 15) is 0 Å². The molecule has 0 bridgehead atoms. The molecule has 0 spiro atoms. The van der Waals surface area contributed by atoms with Gasteiger partial charge in [0.15, 0.2) is 0 Å². The molecule has 84 valence electrons. The van der Waals surface area contributed by atoms with E-state index < -0.39 is 0 Å². The molecule has 0 radical (unpaired) electrons. The number of hydrogen-bond donors (Lipinski definition) is 1. The van der Waals surface area contributed by atoms with Crippen LogP contribution in [0.4, 0.5) is 5.69 Å². The molecule has 0 heterocycles. The second kappa shape index (κ2) is 5.98. The Balaban J connectivity index is 2.56. The third-order valence-electron chi connectivity index (χ3n) is 1.86. The summed E-state index contributed by atoms with van der Waals surface area (Å²) >= 11 is 3.34. The molecule has 3 nitrogen and oxygen atoms in total. The number of ether oxygens (including phenoxy) is 2. The van der Waals surface area contributed by atoms with Gasteiger partial charge in [-0.25, -0.2) is 0 Å². The summed E-state index contributed by atoms with van der Waals surface area (Å²) in [6, 6.07) is 5.57. The molecule has 0 aliphatic heterocycles. The maximum atomic E-state index is 5.80. The lowest BCUT2D eigenvalue weighted by atomic mass is 10.3.